The van der Waals surface area contributed by atoms with Crippen molar-refractivity contribution in [1.29, 1.82) is 0 Å². The number of carbonyl (C=O) groups excluding carboxylic acids is 2. The Balaban J connectivity index is 1.02. The number of benzene rings is 5. The summed E-state index contributed by atoms with van der Waals surface area (Å²) in [6.07, 6.45) is 0.698. The first kappa shape index (κ1) is 34.7. The van der Waals surface area contributed by atoms with Crippen molar-refractivity contribution in [3.8, 4) is 22.6 Å². The van der Waals surface area contributed by atoms with Gasteiger partial charge in [0.1, 0.15) is 0 Å². The monoisotopic (exact) mass is 710 g/mol. The van der Waals surface area contributed by atoms with Crippen molar-refractivity contribution in [1.82, 2.24) is 9.80 Å². The molecule has 9 heteroatoms. The van der Waals surface area contributed by atoms with Gasteiger partial charge in [-0.2, -0.15) is 0 Å². The van der Waals surface area contributed by atoms with Crippen molar-refractivity contribution in [2.75, 3.05) is 27.3 Å². The quantitative estimate of drug-likeness (QED) is 0.151. The topological polar surface area (TPSA) is 97.8 Å². The Morgan fingerprint density at radius 2 is 1.36 bits per heavy atom. The minimum Gasteiger partial charge on any atom is -0.493 e. The third-order valence-electron chi connectivity index (χ3n) is 10.6. The van der Waals surface area contributed by atoms with Crippen LogP contribution in [0.15, 0.2) is 109 Å². The molecule has 0 unspecified atom stereocenters. The highest BCUT2D eigenvalue weighted by Crippen LogP contribution is 2.40. The van der Waals surface area contributed by atoms with E-state index in [9.17, 15) is 14.7 Å². The van der Waals surface area contributed by atoms with Crippen LogP contribution in [0.5, 0.6) is 11.5 Å². The van der Waals surface area contributed by atoms with Gasteiger partial charge in [0.05, 0.1) is 50.7 Å². The molecule has 270 valence electrons. The van der Waals surface area contributed by atoms with Gasteiger partial charge in [0.25, 0.3) is 11.8 Å². The molecule has 8 rings (SSSR count). The largest absolute Gasteiger partial charge is 0.493 e. The van der Waals surface area contributed by atoms with Gasteiger partial charge in [0, 0.05) is 31.6 Å². The number of methoxy groups -OCH3 is 2. The minimum atomic E-state index is -0.597. The third kappa shape index (κ3) is 6.96. The third-order valence-corrected chi connectivity index (χ3v) is 10.6. The second kappa shape index (κ2) is 15.0. The van der Waals surface area contributed by atoms with E-state index in [0.29, 0.717) is 17.5 Å². The number of aliphatic hydroxyl groups is 1. The molecule has 3 aliphatic heterocycles. The molecule has 0 radical (unpaired) electrons. The molecule has 0 spiro atoms. The maximum atomic E-state index is 13.2. The number of rotatable bonds is 10. The molecule has 1 fully saturated rings. The van der Waals surface area contributed by atoms with Gasteiger partial charge in [0.15, 0.2) is 17.8 Å². The average Bonchev–Trinajstić information content (AvgIpc) is 3.45. The van der Waals surface area contributed by atoms with Crippen molar-refractivity contribution in [2.45, 2.75) is 51.0 Å². The zero-order chi connectivity index (χ0) is 36.5. The molecule has 0 saturated carbocycles. The summed E-state index contributed by atoms with van der Waals surface area (Å²) in [6.45, 7) is 2.59. The lowest BCUT2D eigenvalue weighted by Gasteiger charge is -2.39. The molecule has 1 saturated heterocycles. The van der Waals surface area contributed by atoms with E-state index >= 15 is 0 Å². The Bertz CT molecular complexity index is 2100. The molecule has 9 nitrogen and oxygen atoms in total. The van der Waals surface area contributed by atoms with Crippen LogP contribution in [0, 0.1) is 0 Å². The number of hydrogen-bond acceptors (Lipinski definition) is 8. The first-order valence-electron chi connectivity index (χ1n) is 18.0. The van der Waals surface area contributed by atoms with Crippen molar-refractivity contribution in [2.24, 2.45) is 0 Å². The summed E-state index contributed by atoms with van der Waals surface area (Å²) < 4.78 is 24.5. The Labute approximate surface area is 309 Å². The number of fused-ring (bicyclic) bond motifs is 2. The summed E-state index contributed by atoms with van der Waals surface area (Å²) in [5.41, 5.74) is 8.97. The lowest BCUT2D eigenvalue weighted by atomic mass is 9.96. The first-order valence-corrected chi connectivity index (χ1v) is 18.0. The maximum Gasteiger partial charge on any atom is 0.261 e. The summed E-state index contributed by atoms with van der Waals surface area (Å²) in [5.74, 6) is 0.941. The molecular formula is C44H42N2O7. The Kier molecular flexibility index (Phi) is 9.81. The van der Waals surface area contributed by atoms with Gasteiger partial charge in [-0.3, -0.25) is 19.4 Å². The number of ether oxygens (including phenoxy) is 4. The van der Waals surface area contributed by atoms with Crippen LogP contribution in [0.25, 0.3) is 11.1 Å². The fraction of sp³-hybridized carbons (Fsp3) is 0.273. The van der Waals surface area contributed by atoms with Crippen LogP contribution in [-0.4, -0.2) is 60.1 Å². The van der Waals surface area contributed by atoms with Crippen LogP contribution >= 0.6 is 0 Å². The molecule has 3 heterocycles. The molecule has 5 aromatic rings. The lowest BCUT2D eigenvalue weighted by molar-refractivity contribution is -0.253. The van der Waals surface area contributed by atoms with E-state index < -0.39 is 6.29 Å². The molecule has 3 aliphatic rings. The highest BCUT2D eigenvalue weighted by Gasteiger charge is 2.36. The van der Waals surface area contributed by atoms with Crippen molar-refractivity contribution in [3.63, 3.8) is 0 Å². The summed E-state index contributed by atoms with van der Waals surface area (Å²) in [7, 11) is 3.33. The molecule has 1 N–H and O–H groups in total. The molecule has 0 aromatic heterocycles. The van der Waals surface area contributed by atoms with Gasteiger partial charge in [0.2, 0.25) is 0 Å². The van der Waals surface area contributed by atoms with E-state index in [1.807, 2.05) is 72.8 Å². The number of nitrogens with zero attached hydrogens (tertiary/aromatic N) is 2. The van der Waals surface area contributed by atoms with Gasteiger partial charge in [-0.1, -0.05) is 84.9 Å². The van der Waals surface area contributed by atoms with E-state index in [4.69, 9.17) is 18.9 Å². The summed E-state index contributed by atoms with van der Waals surface area (Å²) in [5, 5.41) is 9.64. The predicted molar refractivity (Wildman–Crippen MR) is 199 cm³/mol. The van der Waals surface area contributed by atoms with Crippen LogP contribution < -0.4 is 9.47 Å². The number of hydrogen-bond donors (Lipinski definition) is 1. The molecule has 0 bridgehead atoms. The summed E-state index contributed by atoms with van der Waals surface area (Å²) >= 11 is 0. The molecule has 3 atom stereocenters. The number of imide groups is 1. The first-order chi connectivity index (χ1) is 25.9. The maximum absolute atomic E-state index is 13.2. The predicted octanol–water partition coefficient (Wildman–Crippen LogP) is 7.26. The number of aliphatic hydroxyl groups excluding tert-OH is 1. The van der Waals surface area contributed by atoms with E-state index in [1.165, 1.54) is 16.0 Å². The SMILES string of the molecule is COc1cc2c(cc1OC)CN(C[C@H]1C[C@@H](c3ccc(CO)cc3)O[C@@H](c3ccc(-c4ccccc4CN4C(=O)c5ccccc5C4=O)cc3)O1)CC2. The highest BCUT2D eigenvalue weighted by molar-refractivity contribution is 6.21. The molecular weight excluding hydrogens is 668 g/mol. The number of amides is 2. The second-order valence-corrected chi connectivity index (χ2v) is 13.8. The van der Waals surface area contributed by atoms with Crippen LogP contribution in [0.1, 0.15) is 72.9 Å². The van der Waals surface area contributed by atoms with Crippen molar-refractivity contribution >= 4 is 11.8 Å². The second-order valence-electron chi connectivity index (χ2n) is 13.8. The van der Waals surface area contributed by atoms with Crippen LogP contribution in [0.3, 0.4) is 0 Å². The standard InChI is InChI=1S/C44H42N2O7/c1-50-40-21-32-19-20-45(24-34(32)22-41(40)51-2)26-35-23-39(30-13-11-28(27-47)12-14-30)53-44(52-35)31-17-15-29(16-18-31)36-8-4-3-7-33(36)25-46-42(48)37-9-5-6-10-38(37)43(46)49/h3-18,21-22,35,39,44,47H,19-20,23-27H2,1-2H3/t35-,39+,44+/m1/s1. The minimum absolute atomic E-state index is 0.0129. The van der Waals surface area contributed by atoms with Gasteiger partial charge < -0.3 is 24.1 Å². The van der Waals surface area contributed by atoms with Crippen molar-refractivity contribution in [3.05, 3.63) is 154 Å². The highest BCUT2D eigenvalue weighted by atomic mass is 16.7. The van der Waals surface area contributed by atoms with E-state index in [-0.39, 0.29) is 37.2 Å². The Morgan fingerprint density at radius 3 is 2.02 bits per heavy atom. The summed E-state index contributed by atoms with van der Waals surface area (Å²) in [6, 6.07) is 35.1. The van der Waals surface area contributed by atoms with Crippen LogP contribution in [0.4, 0.5) is 0 Å². The Morgan fingerprint density at radius 1 is 0.736 bits per heavy atom. The van der Waals surface area contributed by atoms with Crippen molar-refractivity contribution < 1.29 is 33.6 Å². The zero-order valence-electron chi connectivity index (χ0n) is 29.9. The Hall–Kier alpha value is -5.32. The van der Waals surface area contributed by atoms with Gasteiger partial charge in [-0.05, 0) is 69.6 Å². The molecule has 5 aromatic carbocycles. The van der Waals surface area contributed by atoms with Crippen LogP contribution in [0.2, 0.25) is 0 Å². The molecule has 53 heavy (non-hydrogen) atoms. The smallest absolute Gasteiger partial charge is 0.261 e. The fourth-order valence-corrected chi connectivity index (χ4v) is 7.73. The van der Waals surface area contributed by atoms with Gasteiger partial charge >= 0.3 is 0 Å². The average molecular weight is 711 g/mol. The van der Waals surface area contributed by atoms with Gasteiger partial charge in [-0.25, -0.2) is 0 Å². The lowest BCUT2D eigenvalue weighted by Crippen LogP contribution is -2.41. The summed E-state index contributed by atoms with van der Waals surface area (Å²) in [4.78, 5) is 30.1. The zero-order valence-corrected chi connectivity index (χ0v) is 29.9. The normalized spacial score (nSPS) is 19.9. The van der Waals surface area contributed by atoms with E-state index in [1.54, 1.807) is 38.5 Å². The molecule has 0 aliphatic carbocycles. The number of carbonyl (C=O) groups is 2. The van der Waals surface area contributed by atoms with E-state index in [2.05, 4.69) is 17.0 Å². The van der Waals surface area contributed by atoms with E-state index in [0.717, 1.165) is 70.9 Å². The van der Waals surface area contributed by atoms with Crippen LogP contribution in [-0.2, 0) is 35.6 Å². The van der Waals surface area contributed by atoms with Gasteiger partial charge in [-0.15, -0.1) is 0 Å². The fourth-order valence-electron chi connectivity index (χ4n) is 7.73. The molecule has 2 amide bonds.